The monoisotopic (exact) mass is 555 g/mol. The van der Waals surface area contributed by atoms with Crippen LogP contribution >= 0.6 is 0 Å². The van der Waals surface area contributed by atoms with Gasteiger partial charge in [-0.1, -0.05) is 91.0 Å². The molecule has 0 spiro atoms. The van der Waals surface area contributed by atoms with E-state index in [1.54, 1.807) is 12.1 Å². The summed E-state index contributed by atoms with van der Waals surface area (Å²) in [4.78, 5) is 17.3. The zero-order valence-corrected chi connectivity index (χ0v) is 23.0. The third-order valence-electron chi connectivity index (χ3n) is 7.07. The van der Waals surface area contributed by atoms with Gasteiger partial charge in [-0.2, -0.15) is 0 Å². The van der Waals surface area contributed by atoms with Crippen LogP contribution in [0.5, 0.6) is 5.75 Å². The molecule has 1 aliphatic rings. The van der Waals surface area contributed by atoms with Crippen molar-refractivity contribution < 1.29 is 17.9 Å². The molecule has 0 bridgehead atoms. The van der Waals surface area contributed by atoms with Gasteiger partial charge in [0.05, 0.1) is 10.9 Å². The number of nitrogens with zero attached hydrogens (tertiary/aromatic N) is 2. The van der Waals surface area contributed by atoms with Crippen molar-refractivity contribution in [3.8, 4) is 5.75 Å². The first-order valence-electron chi connectivity index (χ1n) is 13.4. The fraction of sp³-hybridized carbons (Fsp3) is 0.219. The van der Waals surface area contributed by atoms with Crippen molar-refractivity contribution in [2.75, 3.05) is 32.8 Å². The molecular formula is C32H33N3O4S. The summed E-state index contributed by atoms with van der Waals surface area (Å²) < 4.78 is 33.6. The van der Waals surface area contributed by atoms with E-state index in [1.165, 1.54) is 23.3 Å². The average molecular weight is 556 g/mol. The fourth-order valence-corrected chi connectivity index (χ4v) is 5.94. The molecule has 206 valence electrons. The Bertz CT molecular complexity index is 1430. The first kappa shape index (κ1) is 27.6. The molecule has 40 heavy (non-hydrogen) atoms. The van der Waals surface area contributed by atoms with Gasteiger partial charge in [0.1, 0.15) is 5.75 Å². The van der Waals surface area contributed by atoms with Crippen molar-refractivity contribution in [1.82, 2.24) is 14.5 Å². The quantitative estimate of drug-likeness (QED) is 0.312. The molecule has 0 atom stereocenters. The maximum Gasteiger partial charge on any atom is 0.260 e. The number of rotatable bonds is 10. The molecule has 1 saturated heterocycles. The Morgan fingerprint density at radius 1 is 0.725 bits per heavy atom. The standard InChI is InChI=1S/C32H33N3O4S/c36-31(25-39-29-16-18-30(19-17-29)40(37,38)33-24-26-10-4-1-5-11-26)34-20-22-35(23-21-34)32(27-12-6-2-7-13-27)28-14-8-3-9-15-28/h1-19,32-33H,20-25H2. The van der Waals surface area contributed by atoms with Gasteiger partial charge in [-0.3, -0.25) is 9.69 Å². The molecule has 1 aliphatic heterocycles. The molecular weight excluding hydrogens is 522 g/mol. The van der Waals surface area contributed by atoms with E-state index in [2.05, 4.69) is 58.2 Å². The van der Waals surface area contributed by atoms with Gasteiger partial charge in [-0.05, 0) is 41.0 Å². The SMILES string of the molecule is O=C(COc1ccc(S(=O)(=O)NCc2ccccc2)cc1)N1CCN(C(c2ccccc2)c2ccccc2)CC1. The molecule has 4 aromatic carbocycles. The molecule has 5 rings (SSSR count). The van der Waals surface area contributed by atoms with Crippen LogP contribution in [-0.4, -0.2) is 56.9 Å². The van der Waals surface area contributed by atoms with Crippen LogP contribution in [0.2, 0.25) is 0 Å². The smallest absolute Gasteiger partial charge is 0.260 e. The van der Waals surface area contributed by atoms with Crippen molar-refractivity contribution in [1.29, 1.82) is 0 Å². The van der Waals surface area contributed by atoms with Crippen molar-refractivity contribution in [3.05, 3.63) is 132 Å². The van der Waals surface area contributed by atoms with Gasteiger partial charge >= 0.3 is 0 Å². The summed E-state index contributed by atoms with van der Waals surface area (Å²) in [6, 6.07) is 36.5. The third-order valence-corrected chi connectivity index (χ3v) is 8.49. The van der Waals surface area contributed by atoms with Crippen LogP contribution in [0.25, 0.3) is 0 Å². The van der Waals surface area contributed by atoms with Gasteiger partial charge < -0.3 is 9.64 Å². The summed E-state index contributed by atoms with van der Waals surface area (Å²) in [6.07, 6.45) is 0. The van der Waals surface area contributed by atoms with Crippen LogP contribution in [0.1, 0.15) is 22.7 Å². The number of ether oxygens (including phenoxy) is 1. The summed E-state index contributed by atoms with van der Waals surface area (Å²) in [5, 5.41) is 0. The van der Waals surface area contributed by atoms with Crippen LogP contribution in [0.3, 0.4) is 0 Å². The van der Waals surface area contributed by atoms with E-state index in [0.29, 0.717) is 18.8 Å². The zero-order chi connectivity index (χ0) is 27.8. The van der Waals surface area contributed by atoms with Gasteiger partial charge in [0.25, 0.3) is 5.91 Å². The van der Waals surface area contributed by atoms with E-state index in [4.69, 9.17) is 4.74 Å². The molecule has 0 aliphatic carbocycles. The minimum absolute atomic E-state index is 0.0863. The number of carbonyl (C=O) groups excluding carboxylic acids is 1. The summed E-state index contributed by atoms with van der Waals surface area (Å²) >= 11 is 0. The van der Waals surface area contributed by atoms with Crippen LogP contribution in [0.15, 0.2) is 120 Å². The minimum Gasteiger partial charge on any atom is -0.484 e. The molecule has 0 unspecified atom stereocenters. The number of hydrogen-bond acceptors (Lipinski definition) is 5. The van der Waals surface area contributed by atoms with Crippen LogP contribution in [0, 0.1) is 0 Å². The number of carbonyl (C=O) groups is 1. The van der Waals surface area contributed by atoms with Crippen molar-refractivity contribution in [2.24, 2.45) is 0 Å². The average Bonchev–Trinajstić information content (AvgIpc) is 3.01. The van der Waals surface area contributed by atoms with Crippen LogP contribution < -0.4 is 9.46 Å². The topological polar surface area (TPSA) is 78.9 Å². The zero-order valence-electron chi connectivity index (χ0n) is 22.2. The highest BCUT2D eigenvalue weighted by molar-refractivity contribution is 7.89. The predicted molar refractivity (Wildman–Crippen MR) is 155 cm³/mol. The van der Waals surface area contributed by atoms with E-state index in [1.807, 2.05) is 47.4 Å². The van der Waals surface area contributed by atoms with Crippen molar-refractivity contribution >= 4 is 15.9 Å². The van der Waals surface area contributed by atoms with Gasteiger partial charge in [-0.15, -0.1) is 0 Å². The first-order valence-corrected chi connectivity index (χ1v) is 14.9. The Hall–Kier alpha value is -3.98. The minimum atomic E-state index is -3.66. The largest absolute Gasteiger partial charge is 0.484 e. The van der Waals surface area contributed by atoms with E-state index in [-0.39, 0.29) is 30.0 Å². The number of hydrogen-bond donors (Lipinski definition) is 1. The van der Waals surface area contributed by atoms with E-state index >= 15 is 0 Å². The lowest BCUT2D eigenvalue weighted by Gasteiger charge is -2.39. The number of benzene rings is 4. The molecule has 1 N–H and O–H groups in total. The second-order valence-electron chi connectivity index (χ2n) is 9.71. The second kappa shape index (κ2) is 12.9. The molecule has 7 nitrogen and oxygen atoms in total. The maximum atomic E-state index is 12.9. The summed E-state index contributed by atoms with van der Waals surface area (Å²) in [5.41, 5.74) is 3.34. The highest BCUT2D eigenvalue weighted by Crippen LogP contribution is 2.29. The fourth-order valence-electron chi connectivity index (χ4n) is 4.92. The summed E-state index contributed by atoms with van der Waals surface area (Å²) in [5.74, 6) is 0.360. The summed E-state index contributed by atoms with van der Waals surface area (Å²) in [7, 11) is -3.66. The second-order valence-corrected chi connectivity index (χ2v) is 11.5. The molecule has 0 aromatic heterocycles. The Morgan fingerprint density at radius 3 is 1.80 bits per heavy atom. The van der Waals surface area contributed by atoms with Crippen molar-refractivity contribution in [3.63, 3.8) is 0 Å². The van der Waals surface area contributed by atoms with Gasteiger partial charge in [-0.25, -0.2) is 13.1 Å². The third kappa shape index (κ3) is 6.96. The molecule has 0 saturated carbocycles. The molecule has 1 fully saturated rings. The Morgan fingerprint density at radius 2 is 1.25 bits per heavy atom. The molecule has 0 radical (unpaired) electrons. The highest BCUT2D eigenvalue weighted by atomic mass is 32.2. The first-order chi connectivity index (χ1) is 19.5. The van der Waals surface area contributed by atoms with E-state index in [9.17, 15) is 13.2 Å². The van der Waals surface area contributed by atoms with Gasteiger partial charge in [0.2, 0.25) is 10.0 Å². The van der Waals surface area contributed by atoms with E-state index < -0.39 is 10.0 Å². The Labute approximate surface area is 236 Å². The molecule has 8 heteroatoms. The Kier molecular flexibility index (Phi) is 8.91. The van der Waals surface area contributed by atoms with Crippen LogP contribution in [0.4, 0.5) is 0 Å². The molecule has 1 amide bonds. The predicted octanol–water partition coefficient (Wildman–Crippen LogP) is 4.48. The van der Waals surface area contributed by atoms with E-state index in [0.717, 1.165) is 18.7 Å². The Balaban J connectivity index is 1.13. The lowest BCUT2D eigenvalue weighted by Crippen LogP contribution is -2.51. The number of sulfonamides is 1. The normalized spacial score (nSPS) is 14.3. The lowest BCUT2D eigenvalue weighted by molar-refractivity contribution is -0.135. The van der Waals surface area contributed by atoms with Crippen molar-refractivity contribution in [2.45, 2.75) is 17.5 Å². The van der Waals surface area contributed by atoms with Gasteiger partial charge in [0.15, 0.2) is 6.61 Å². The van der Waals surface area contributed by atoms with Gasteiger partial charge in [0, 0.05) is 32.7 Å². The lowest BCUT2D eigenvalue weighted by atomic mass is 9.96. The highest BCUT2D eigenvalue weighted by Gasteiger charge is 2.28. The number of piperazine rings is 1. The maximum absolute atomic E-state index is 12.9. The summed E-state index contributed by atoms with van der Waals surface area (Å²) in [6.45, 7) is 2.84. The number of nitrogens with one attached hydrogen (secondary N) is 1. The molecule has 4 aromatic rings. The van der Waals surface area contributed by atoms with Crippen LogP contribution in [-0.2, 0) is 21.4 Å². The number of amides is 1. The molecule has 1 heterocycles.